The van der Waals surface area contributed by atoms with Crippen molar-refractivity contribution in [2.45, 2.75) is 57.4 Å². The molecule has 0 aromatic rings. The molecule has 20 heavy (non-hydrogen) atoms. The summed E-state index contributed by atoms with van der Waals surface area (Å²) in [6.07, 6.45) is 8.86. The Morgan fingerprint density at radius 3 is 2.45 bits per heavy atom. The van der Waals surface area contributed by atoms with Crippen LogP contribution in [0.1, 0.15) is 51.9 Å². The highest BCUT2D eigenvalue weighted by Gasteiger charge is 2.49. The summed E-state index contributed by atoms with van der Waals surface area (Å²) >= 11 is 0. The number of carbonyl (C=O) groups is 1. The Labute approximate surface area is 123 Å². The predicted molar refractivity (Wildman–Crippen MR) is 80.3 cm³/mol. The first kappa shape index (κ1) is 15.8. The van der Waals surface area contributed by atoms with E-state index in [9.17, 15) is 4.79 Å². The van der Waals surface area contributed by atoms with Gasteiger partial charge in [-0.05, 0) is 51.5 Å². The Morgan fingerprint density at radius 2 is 1.90 bits per heavy atom. The van der Waals surface area contributed by atoms with Crippen molar-refractivity contribution in [3.63, 3.8) is 0 Å². The Morgan fingerprint density at radius 1 is 1.25 bits per heavy atom. The number of nitrogens with two attached hydrogens (primary N) is 1. The minimum Gasteiger partial charge on any atom is -0.465 e. The Hall–Kier alpha value is -0.610. The molecule has 2 aliphatic carbocycles. The van der Waals surface area contributed by atoms with E-state index in [4.69, 9.17) is 10.5 Å². The molecule has 1 atom stereocenters. The maximum atomic E-state index is 12.2. The average molecular weight is 282 g/mol. The van der Waals surface area contributed by atoms with Crippen LogP contribution in [0.5, 0.6) is 0 Å². The van der Waals surface area contributed by atoms with Gasteiger partial charge in [-0.3, -0.25) is 0 Å². The molecule has 0 saturated heterocycles. The molecule has 0 aromatic heterocycles. The van der Waals surface area contributed by atoms with Crippen molar-refractivity contribution in [1.82, 2.24) is 4.90 Å². The second-order valence-corrected chi connectivity index (χ2v) is 6.74. The fraction of sp³-hybridized carbons (Fsp3) is 0.938. The molecule has 2 fully saturated rings. The maximum Gasteiger partial charge on any atom is 0.327 e. The van der Waals surface area contributed by atoms with Crippen LogP contribution in [0, 0.1) is 11.8 Å². The van der Waals surface area contributed by atoms with Gasteiger partial charge >= 0.3 is 5.97 Å². The summed E-state index contributed by atoms with van der Waals surface area (Å²) in [5.74, 6) is 0.882. The van der Waals surface area contributed by atoms with Crippen molar-refractivity contribution in [1.29, 1.82) is 0 Å². The number of ether oxygens (including phenoxy) is 1. The highest BCUT2D eigenvalue weighted by Crippen LogP contribution is 2.39. The number of hydrogen-bond acceptors (Lipinski definition) is 4. The van der Waals surface area contributed by atoms with E-state index in [0.29, 0.717) is 19.1 Å². The fourth-order valence-corrected chi connectivity index (χ4v) is 3.55. The first-order chi connectivity index (χ1) is 9.56. The van der Waals surface area contributed by atoms with Crippen LogP contribution >= 0.6 is 0 Å². The van der Waals surface area contributed by atoms with E-state index in [-0.39, 0.29) is 5.97 Å². The van der Waals surface area contributed by atoms with E-state index in [2.05, 4.69) is 11.9 Å². The lowest BCUT2D eigenvalue weighted by Gasteiger charge is -2.34. The van der Waals surface area contributed by atoms with Crippen molar-refractivity contribution >= 4 is 5.97 Å². The second kappa shape index (κ2) is 6.90. The van der Waals surface area contributed by atoms with Crippen molar-refractivity contribution in [2.24, 2.45) is 17.6 Å². The standard InChI is InChI=1S/C16H30N2O2/c1-3-20-15(19)16(17,14-9-10-14)12-18(2)11-13-7-5-4-6-8-13/h13-14H,3-12,17H2,1-2H3. The van der Waals surface area contributed by atoms with Crippen LogP contribution in [0.15, 0.2) is 0 Å². The van der Waals surface area contributed by atoms with E-state index in [1.54, 1.807) is 0 Å². The van der Waals surface area contributed by atoms with Crippen molar-refractivity contribution in [2.75, 3.05) is 26.7 Å². The minimum absolute atomic E-state index is 0.210. The molecule has 0 aliphatic heterocycles. The van der Waals surface area contributed by atoms with Crippen LogP contribution in [0.25, 0.3) is 0 Å². The van der Waals surface area contributed by atoms with Gasteiger partial charge in [0.15, 0.2) is 0 Å². The van der Waals surface area contributed by atoms with Crippen LogP contribution in [0.3, 0.4) is 0 Å². The van der Waals surface area contributed by atoms with Crippen molar-refractivity contribution in [3.8, 4) is 0 Å². The molecule has 0 bridgehead atoms. The molecule has 0 spiro atoms. The van der Waals surface area contributed by atoms with Gasteiger partial charge in [0.05, 0.1) is 6.61 Å². The topological polar surface area (TPSA) is 55.6 Å². The maximum absolute atomic E-state index is 12.2. The first-order valence-corrected chi connectivity index (χ1v) is 8.21. The van der Waals surface area contributed by atoms with Gasteiger partial charge in [0.1, 0.15) is 5.54 Å². The van der Waals surface area contributed by atoms with E-state index >= 15 is 0 Å². The minimum atomic E-state index is -0.792. The molecular formula is C16H30N2O2. The van der Waals surface area contributed by atoms with Crippen LogP contribution in [-0.2, 0) is 9.53 Å². The lowest BCUT2D eigenvalue weighted by atomic mass is 9.88. The molecule has 4 heteroatoms. The molecular weight excluding hydrogens is 252 g/mol. The number of esters is 1. The van der Waals surface area contributed by atoms with Gasteiger partial charge in [-0.2, -0.15) is 0 Å². The number of rotatable bonds is 7. The third kappa shape index (κ3) is 3.95. The molecule has 0 radical (unpaired) electrons. The first-order valence-electron chi connectivity index (χ1n) is 8.21. The molecule has 4 nitrogen and oxygen atoms in total. The molecule has 0 aromatic carbocycles. The summed E-state index contributed by atoms with van der Waals surface area (Å²) in [5, 5.41) is 0. The highest BCUT2D eigenvalue weighted by atomic mass is 16.5. The molecule has 0 heterocycles. The Kier molecular flexibility index (Phi) is 5.44. The van der Waals surface area contributed by atoms with Crippen molar-refractivity contribution in [3.05, 3.63) is 0 Å². The normalized spacial score (nSPS) is 23.6. The Bertz CT molecular complexity index is 324. The van der Waals surface area contributed by atoms with E-state index in [1.807, 2.05) is 6.92 Å². The molecule has 2 rings (SSSR count). The predicted octanol–water partition coefficient (Wildman–Crippen LogP) is 2.17. The summed E-state index contributed by atoms with van der Waals surface area (Å²) in [4.78, 5) is 14.5. The van der Waals surface area contributed by atoms with Gasteiger partial charge in [-0.1, -0.05) is 19.3 Å². The van der Waals surface area contributed by atoms with E-state index < -0.39 is 5.54 Å². The van der Waals surface area contributed by atoms with Gasteiger partial charge in [0, 0.05) is 13.1 Å². The van der Waals surface area contributed by atoms with Crippen LogP contribution in [-0.4, -0.2) is 43.2 Å². The van der Waals surface area contributed by atoms with Crippen LogP contribution in [0.4, 0.5) is 0 Å². The molecule has 0 amide bonds. The average Bonchev–Trinajstić information content (AvgIpc) is 3.24. The Balaban J connectivity index is 1.88. The van der Waals surface area contributed by atoms with Gasteiger partial charge in [0.25, 0.3) is 0 Å². The van der Waals surface area contributed by atoms with Crippen molar-refractivity contribution < 1.29 is 9.53 Å². The second-order valence-electron chi connectivity index (χ2n) is 6.74. The number of likely N-dealkylation sites (N-methyl/N-ethyl adjacent to an activating group) is 1. The quantitative estimate of drug-likeness (QED) is 0.727. The zero-order chi connectivity index (χ0) is 14.6. The summed E-state index contributed by atoms with van der Waals surface area (Å²) < 4.78 is 5.21. The molecule has 2 saturated carbocycles. The third-order valence-electron chi connectivity index (χ3n) is 4.79. The molecule has 116 valence electrons. The van der Waals surface area contributed by atoms with E-state index in [1.165, 1.54) is 32.1 Å². The summed E-state index contributed by atoms with van der Waals surface area (Å²) in [6, 6.07) is 0. The lowest BCUT2D eigenvalue weighted by Crippen LogP contribution is -2.58. The molecule has 2 aliphatic rings. The van der Waals surface area contributed by atoms with Crippen LogP contribution < -0.4 is 5.73 Å². The van der Waals surface area contributed by atoms with Gasteiger partial charge < -0.3 is 15.4 Å². The monoisotopic (exact) mass is 282 g/mol. The SMILES string of the molecule is CCOC(=O)C(N)(CN(C)CC1CCCCC1)C1CC1. The van der Waals surface area contributed by atoms with Gasteiger partial charge in [0.2, 0.25) is 0 Å². The number of nitrogens with zero attached hydrogens (tertiary/aromatic N) is 1. The zero-order valence-corrected chi connectivity index (χ0v) is 13.1. The largest absolute Gasteiger partial charge is 0.465 e. The summed E-state index contributed by atoms with van der Waals surface area (Å²) in [5.41, 5.74) is 5.63. The molecule has 2 N–H and O–H groups in total. The van der Waals surface area contributed by atoms with Gasteiger partial charge in [-0.25, -0.2) is 4.79 Å². The van der Waals surface area contributed by atoms with E-state index in [0.717, 1.165) is 25.3 Å². The highest BCUT2D eigenvalue weighted by molar-refractivity contribution is 5.82. The number of hydrogen-bond donors (Lipinski definition) is 1. The number of carbonyl (C=O) groups excluding carboxylic acids is 1. The van der Waals surface area contributed by atoms with Crippen LogP contribution in [0.2, 0.25) is 0 Å². The third-order valence-corrected chi connectivity index (χ3v) is 4.79. The lowest BCUT2D eigenvalue weighted by molar-refractivity contribution is -0.151. The smallest absolute Gasteiger partial charge is 0.327 e. The summed E-state index contributed by atoms with van der Waals surface area (Å²) in [7, 11) is 2.10. The van der Waals surface area contributed by atoms with Gasteiger partial charge in [-0.15, -0.1) is 0 Å². The zero-order valence-electron chi connectivity index (χ0n) is 13.1. The molecule has 1 unspecified atom stereocenters. The summed E-state index contributed by atoms with van der Waals surface area (Å²) in [6.45, 7) is 3.95. The fourth-order valence-electron chi connectivity index (χ4n) is 3.55.